The molecule has 0 saturated carbocycles. The largest absolute Gasteiger partial charge is 0.495 e. The molecule has 0 spiro atoms. The van der Waals surface area contributed by atoms with E-state index < -0.39 is 28.9 Å². The Morgan fingerprint density at radius 3 is 2.47 bits per heavy atom. The van der Waals surface area contributed by atoms with Crippen LogP contribution in [0.1, 0.15) is 31.1 Å². The maximum atomic E-state index is 12.5. The highest BCUT2D eigenvalue weighted by atomic mass is 16.6. The Labute approximate surface area is 195 Å². The van der Waals surface area contributed by atoms with Gasteiger partial charge in [0.1, 0.15) is 16.9 Å². The summed E-state index contributed by atoms with van der Waals surface area (Å²) in [6.45, 7) is 4.84. The SMILES string of the molecule is COc1ccc(NC(=O)CNC(=O)c2c[nH]c3ccccc3c2=O)cc1NC(=O)OC(C)(C)C. The zero-order chi connectivity index (χ0) is 24.9. The minimum atomic E-state index is -0.686. The number of aromatic amines is 1. The molecule has 0 unspecified atom stereocenters. The lowest BCUT2D eigenvalue weighted by atomic mass is 10.1. The van der Waals surface area contributed by atoms with Gasteiger partial charge in [-0.3, -0.25) is 19.7 Å². The van der Waals surface area contributed by atoms with E-state index in [0.29, 0.717) is 28.0 Å². The molecule has 0 saturated heterocycles. The van der Waals surface area contributed by atoms with E-state index in [1.165, 1.54) is 19.4 Å². The molecule has 178 valence electrons. The first-order valence-corrected chi connectivity index (χ1v) is 10.4. The molecular formula is C24H26N4O6. The maximum absolute atomic E-state index is 12.5. The highest BCUT2D eigenvalue weighted by Gasteiger charge is 2.18. The smallest absolute Gasteiger partial charge is 0.412 e. The topological polar surface area (TPSA) is 139 Å². The van der Waals surface area contributed by atoms with Crippen LogP contribution in [0, 0.1) is 0 Å². The molecule has 3 amide bonds. The first kappa shape index (κ1) is 24.3. The van der Waals surface area contributed by atoms with Crippen molar-refractivity contribution >= 4 is 40.2 Å². The molecule has 4 N–H and O–H groups in total. The lowest BCUT2D eigenvalue weighted by Gasteiger charge is -2.20. The minimum Gasteiger partial charge on any atom is -0.495 e. The van der Waals surface area contributed by atoms with Gasteiger partial charge in [-0.25, -0.2) is 4.79 Å². The Kier molecular flexibility index (Phi) is 7.20. The number of benzene rings is 2. The number of fused-ring (bicyclic) bond motifs is 1. The van der Waals surface area contributed by atoms with Crippen LogP contribution >= 0.6 is 0 Å². The lowest BCUT2D eigenvalue weighted by molar-refractivity contribution is -0.115. The molecular weight excluding hydrogens is 440 g/mol. The zero-order valence-corrected chi connectivity index (χ0v) is 19.3. The van der Waals surface area contributed by atoms with Crippen LogP contribution in [-0.2, 0) is 9.53 Å². The highest BCUT2D eigenvalue weighted by molar-refractivity contribution is 6.01. The molecule has 0 aliphatic carbocycles. The van der Waals surface area contributed by atoms with Crippen LogP contribution in [0.5, 0.6) is 5.75 Å². The van der Waals surface area contributed by atoms with Crippen LogP contribution in [0.15, 0.2) is 53.5 Å². The molecule has 3 rings (SSSR count). The number of anilines is 2. The molecule has 0 radical (unpaired) electrons. The number of ether oxygens (including phenoxy) is 2. The number of carbonyl (C=O) groups excluding carboxylic acids is 3. The summed E-state index contributed by atoms with van der Waals surface area (Å²) < 4.78 is 10.5. The number of amides is 3. The molecule has 10 heteroatoms. The van der Waals surface area contributed by atoms with Crippen molar-refractivity contribution in [2.45, 2.75) is 26.4 Å². The van der Waals surface area contributed by atoms with Crippen molar-refractivity contribution in [3.05, 3.63) is 64.4 Å². The predicted octanol–water partition coefficient (Wildman–Crippen LogP) is 3.25. The van der Waals surface area contributed by atoms with Crippen LogP contribution in [0.3, 0.4) is 0 Å². The average Bonchev–Trinajstić information content (AvgIpc) is 2.77. The van der Waals surface area contributed by atoms with E-state index in [2.05, 4.69) is 20.9 Å². The minimum absolute atomic E-state index is 0.0974. The fraction of sp³-hybridized carbons (Fsp3) is 0.250. The van der Waals surface area contributed by atoms with E-state index in [-0.39, 0.29) is 12.1 Å². The molecule has 1 aromatic heterocycles. The van der Waals surface area contributed by atoms with Gasteiger partial charge in [0.15, 0.2) is 0 Å². The van der Waals surface area contributed by atoms with E-state index in [1.54, 1.807) is 57.2 Å². The number of aromatic nitrogens is 1. The summed E-state index contributed by atoms with van der Waals surface area (Å²) in [7, 11) is 1.44. The molecule has 34 heavy (non-hydrogen) atoms. The fourth-order valence-electron chi connectivity index (χ4n) is 3.09. The maximum Gasteiger partial charge on any atom is 0.412 e. The summed E-state index contributed by atoms with van der Waals surface area (Å²) in [5, 5.41) is 8.01. The van der Waals surface area contributed by atoms with Gasteiger partial charge in [0.2, 0.25) is 11.3 Å². The third-order valence-electron chi connectivity index (χ3n) is 4.56. The van der Waals surface area contributed by atoms with Crippen LogP contribution in [0.4, 0.5) is 16.2 Å². The number of rotatable bonds is 6. The van der Waals surface area contributed by atoms with E-state index in [9.17, 15) is 19.2 Å². The van der Waals surface area contributed by atoms with Gasteiger partial charge in [-0.2, -0.15) is 0 Å². The number of H-pyrrole nitrogens is 1. The quantitative estimate of drug-likeness (QED) is 0.440. The standard InChI is InChI=1S/C24H26N4O6/c1-24(2,3)34-23(32)28-18-11-14(9-10-19(18)33-4)27-20(29)13-26-22(31)16-12-25-17-8-6-5-7-15(17)21(16)30/h5-12H,13H2,1-4H3,(H,25,30)(H,26,31)(H,27,29)(H,28,32). The number of pyridine rings is 1. The summed E-state index contributed by atoms with van der Waals surface area (Å²) in [4.78, 5) is 52.4. The van der Waals surface area contributed by atoms with Crippen molar-refractivity contribution in [1.29, 1.82) is 0 Å². The predicted molar refractivity (Wildman–Crippen MR) is 128 cm³/mol. The van der Waals surface area contributed by atoms with Crippen molar-refractivity contribution < 1.29 is 23.9 Å². The van der Waals surface area contributed by atoms with Gasteiger partial charge in [-0.05, 0) is 51.1 Å². The number of hydrogen-bond acceptors (Lipinski definition) is 6. The number of carbonyl (C=O) groups is 3. The van der Waals surface area contributed by atoms with Gasteiger partial charge in [0.05, 0.1) is 19.3 Å². The second-order valence-electron chi connectivity index (χ2n) is 8.35. The molecule has 0 fully saturated rings. The normalized spacial score (nSPS) is 10.9. The van der Waals surface area contributed by atoms with Gasteiger partial charge in [0.25, 0.3) is 5.91 Å². The Bertz CT molecular complexity index is 1290. The zero-order valence-electron chi connectivity index (χ0n) is 19.3. The van der Waals surface area contributed by atoms with Gasteiger partial charge in [0, 0.05) is 22.8 Å². The Morgan fingerprint density at radius 2 is 1.76 bits per heavy atom. The van der Waals surface area contributed by atoms with Gasteiger partial charge < -0.3 is 25.1 Å². The Balaban J connectivity index is 1.64. The van der Waals surface area contributed by atoms with E-state index in [0.717, 1.165) is 0 Å². The summed E-state index contributed by atoms with van der Waals surface area (Å²) in [5.74, 6) is -0.837. The molecule has 0 aliphatic heterocycles. The van der Waals surface area contributed by atoms with Crippen molar-refractivity contribution in [2.24, 2.45) is 0 Å². The second kappa shape index (κ2) is 10.1. The van der Waals surface area contributed by atoms with Gasteiger partial charge >= 0.3 is 6.09 Å². The molecule has 2 aromatic carbocycles. The number of nitrogens with one attached hydrogen (secondary N) is 4. The summed E-state index contributed by atoms with van der Waals surface area (Å²) in [6, 6.07) is 11.5. The molecule has 0 aliphatic rings. The Morgan fingerprint density at radius 1 is 1.03 bits per heavy atom. The summed E-state index contributed by atoms with van der Waals surface area (Å²) in [5.41, 5.74) is 0.0433. The van der Waals surface area contributed by atoms with Crippen LogP contribution < -0.4 is 26.1 Å². The first-order chi connectivity index (χ1) is 16.1. The molecule has 0 atom stereocenters. The van der Waals surface area contributed by atoms with Gasteiger partial charge in [-0.15, -0.1) is 0 Å². The number of methoxy groups -OCH3 is 1. The highest BCUT2D eigenvalue weighted by Crippen LogP contribution is 2.28. The van der Waals surface area contributed by atoms with Crippen molar-refractivity contribution in [1.82, 2.24) is 10.3 Å². The average molecular weight is 466 g/mol. The van der Waals surface area contributed by atoms with Crippen LogP contribution in [0.2, 0.25) is 0 Å². The third-order valence-corrected chi connectivity index (χ3v) is 4.56. The van der Waals surface area contributed by atoms with E-state index in [1.807, 2.05) is 0 Å². The monoisotopic (exact) mass is 466 g/mol. The van der Waals surface area contributed by atoms with Gasteiger partial charge in [-0.1, -0.05) is 12.1 Å². The Hall–Kier alpha value is -4.34. The molecule has 0 bridgehead atoms. The van der Waals surface area contributed by atoms with E-state index in [4.69, 9.17) is 9.47 Å². The number of para-hydroxylation sites is 1. The molecule has 1 heterocycles. The molecule has 10 nitrogen and oxygen atoms in total. The fourth-order valence-corrected chi connectivity index (χ4v) is 3.09. The van der Waals surface area contributed by atoms with Crippen molar-refractivity contribution in [2.75, 3.05) is 24.3 Å². The number of hydrogen-bond donors (Lipinski definition) is 4. The lowest BCUT2D eigenvalue weighted by Crippen LogP contribution is -2.35. The van der Waals surface area contributed by atoms with Crippen LogP contribution in [-0.4, -0.2) is 42.1 Å². The summed E-state index contributed by atoms with van der Waals surface area (Å²) in [6.07, 6.45) is 0.637. The van der Waals surface area contributed by atoms with Crippen molar-refractivity contribution in [3.8, 4) is 5.75 Å². The third kappa shape index (κ3) is 6.12. The summed E-state index contributed by atoms with van der Waals surface area (Å²) >= 11 is 0. The first-order valence-electron chi connectivity index (χ1n) is 10.4. The molecule has 3 aromatic rings. The van der Waals surface area contributed by atoms with Crippen molar-refractivity contribution in [3.63, 3.8) is 0 Å². The second-order valence-corrected chi connectivity index (χ2v) is 8.35. The van der Waals surface area contributed by atoms with Crippen LogP contribution in [0.25, 0.3) is 10.9 Å². The van der Waals surface area contributed by atoms with E-state index >= 15 is 0 Å².